The Morgan fingerprint density at radius 1 is 1.02 bits per heavy atom. The Kier molecular flexibility index (Phi) is 7.03. The highest BCUT2D eigenvalue weighted by atomic mass is 32.2. The number of thioether (sulfide) groups is 1. The van der Waals surface area contributed by atoms with Gasteiger partial charge in [0.1, 0.15) is 11.4 Å². The first kappa shape index (κ1) is 26.8. The fourth-order valence-corrected chi connectivity index (χ4v) is 6.64. The minimum absolute atomic E-state index is 0.0849. The molecule has 2 aromatic carbocycles. The highest BCUT2D eigenvalue weighted by Crippen LogP contribution is 2.48. The number of carbonyl (C=O) groups is 1. The van der Waals surface area contributed by atoms with Gasteiger partial charge in [-0.15, -0.1) is 0 Å². The van der Waals surface area contributed by atoms with Gasteiger partial charge in [-0.1, -0.05) is 12.1 Å². The summed E-state index contributed by atoms with van der Waals surface area (Å²) in [5.41, 5.74) is 2.97. The van der Waals surface area contributed by atoms with Gasteiger partial charge in [-0.3, -0.25) is 4.79 Å². The van der Waals surface area contributed by atoms with Crippen LogP contribution in [0, 0.1) is 23.1 Å². The summed E-state index contributed by atoms with van der Waals surface area (Å²) >= 11 is 1.94. The molecule has 1 amide bonds. The maximum Gasteiger partial charge on any atom is 0.249 e. The Bertz CT molecular complexity index is 1420. The lowest BCUT2D eigenvalue weighted by molar-refractivity contribution is -0.134. The molecule has 1 aromatic heterocycles. The number of carbonyl (C=O) groups excluding carboxylic acids is 1. The van der Waals surface area contributed by atoms with Crippen LogP contribution in [0.5, 0.6) is 0 Å². The normalized spacial score (nSPS) is 23.3. The Morgan fingerprint density at radius 2 is 1.70 bits per heavy atom. The summed E-state index contributed by atoms with van der Waals surface area (Å²) < 4.78 is 44.6. The molecular formula is C30H30F3N5OS. The monoisotopic (exact) mass is 565 g/mol. The first-order valence-electron chi connectivity index (χ1n) is 13.7. The fraction of sp³-hybridized carbons (Fsp3) is 0.433. The Balaban J connectivity index is 1.39. The molecule has 1 N–H and O–H groups in total. The Hall–Kier alpha value is -3.45. The van der Waals surface area contributed by atoms with Crippen LogP contribution >= 0.6 is 11.8 Å². The molecule has 3 aliphatic rings. The zero-order chi connectivity index (χ0) is 27.9. The van der Waals surface area contributed by atoms with E-state index in [1.54, 1.807) is 16.8 Å². The van der Waals surface area contributed by atoms with Gasteiger partial charge >= 0.3 is 0 Å². The van der Waals surface area contributed by atoms with Gasteiger partial charge in [0, 0.05) is 60.8 Å². The third-order valence-corrected chi connectivity index (χ3v) is 9.17. The SMILES string of the molecule is N#CC1(NC(=O)C2CC(F)(F)CCC2c2nn(-c3ccc(F)cc3)cc2-c2ccc(N3CCSCC3)cc2)CC1. The number of amides is 1. The van der Waals surface area contributed by atoms with E-state index in [1.165, 1.54) is 12.1 Å². The van der Waals surface area contributed by atoms with Crippen LogP contribution in [0.2, 0.25) is 0 Å². The van der Waals surface area contributed by atoms with Gasteiger partial charge in [0.05, 0.1) is 23.4 Å². The summed E-state index contributed by atoms with van der Waals surface area (Å²) in [6.45, 7) is 1.96. The quantitative estimate of drug-likeness (QED) is 0.402. The lowest BCUT2D eigenvalue weighted by atomic mass is 9.74. The topological polar surface area (TPSA) is 74.0 Å². The van der Waals surface area contributed by atoms with E-state index >= 15 is 0 Å². The van der Waals surface area contributed by atoms with E-state index in [9.17, 15) is 23.2 Å². The van der Waals surface area contributed by atoms with E-state index in [0.717, 1.165) is 41.4 Å². The van der Waals surface area contributed by atoms with Crippen molar-refractivity contribution >= 4 is 23.4 Å². The van der Waals surface area contributed by atoms with E-state index in [0.29, 0.717) is 24.2 Å². The van der Waals surface area contributed by atoms with Crippen LogP contribution in [0.1, 0.15) is 43.7 Å². The summed E-state index contributed by atoms with van der Waals surface area (Å²) in [6, 6.07) is 16.2. The summed E-state index contributed by atoms with van der Waals surface area (Å²) in [7, 11) is 0. The first-order chi connectivity index (χ1) is 19.3. The van der Waals surface area contributed by atoms with E-state index in [4.69, 9.17) is 5.10 Å². The van der Waals surface area contributed by atoms with Crippen molar-refractivity contribution in [3.8, 4) is 22.9 Å². The number of rotatable bonds is 6. The molecule has 2 aliphatic carbocycles. The van der Waals surface area contributed by atoms with Gasteiger partial charge in [0.2, 0.25) is 11.8 Å². The number of anilines is 1. The van der Waals surface area contributed by atoms with Gasteiger partial charge in [-0.2, -0.15) is 22.1 Å². The Morgan fingerprint density at radius 3 is 2.35 bits per heavy atom. The number of alkyl halides is 2. The fourth-order valence-electron chi connectivity index (χ4n) is 5.74. The molecule has 0 bridgehead atoms. The lowest BCUT2D eigenvalue weighted by Gasteiger charge is -2.35. The molecule has 40 heavy (non-hydrogen) atoms. The van der Waals surface area contributed by atoms with Crippen molar-refractivity contribution in [1.29, 1.82) is 5.26 Å². The lowest BCUT2D eigenvalue weighted by Crippen LogP contribution is -2.45. The highest BCUT2D eigenvalue weighted by molar-refractivity contribution is 7.99. The number of hydrogen-bond acceptors (Lipinski definition) is 5. The van der Waals surface area contributed by atoms with E-state index < -0.39 is 35.6 Å². The molecule has 3 fully saturated rings. The molecule has 2 saturated carbocycles. The van der Waals surface area contributed by atoms with Crippen LogP contribution in [0.3, 0.4) is 0 Å². The van der Waals surface area contributed by atoms with Crippen LogP contribution in [0.25, 0.3) is 16.8 Å². The predicted octanol–water partition coefficient (Wildman–Crippen LogP) is 5.92. The number of aromatic nitrogens is 2. The van der Waals surface area contributed by atoms with E-state index in [1.807, 2.05) is 30.1 Å². The van der Waals surface area contributed by atoms with Crippen molar-refractivity contribution < 1.29 is 18.0 Å². The van der Waals surface area contributed by atoms with Crippen LogP contribution < -0.4 is 10.2 Å². The molecule has 208 valence electrons. The minimum Gasteiger partial charge on any atom is -0.370 e. The zero-order valence-corrected chi connectivity index (χ0v) is 22.8. The molecular weight excluding hydrogens is 535 g/mol. The molecule has 2 atom stereocenters. The largest absolute Gasteiger partial charge is 0.370 e. The van der Waals surface area contributed by atoms with Gasteiger partial charge in [-0.05, 0) is 61.2 Å². The molecule has 1 aliphatic heterocycles. The van der Waals surface area contributed by atoms with Crippen LogP contribution in [0.15, 0.2) is 54.7 Å². The third-order valence-electron chi connectivity index (χ3n) is 8.23. The van der Waals surface area contributed by atoms with Gasteiger partial charge in [0.15, 0.2) is 0 Å². The smallest absolute Gasteiger partial charge is 0.249 e. The van der Waals surface area contributed by atoms with E-state index in [-0.39, 0.29) is 18.7 Å². The zero-order valence-electron chi connectivity index (χ0n) is 22.0. The van der Waals surface area contributed by atoms with Crippen molar-refractivity contribution in [2.45, 2.75) is 49.5 Å². The summed E-state index contributed by atoms with van der Waals surface area (Å²) in [5.74, 6) is -3.31. The molecule has 2 heterocycles. The van der Waals surface area contributed by atoms with Crippen LogP contribution in [-0.4, -0.2) is 51.7 Å². The van der Waals surface area contributed by atoms with Gasteiger partial charge < -0.3 is 10.2 Å². The predicted molar refractivity (Wildman–Crippen MR) is 149 cm³/mol. The van der Waals surface area contributed by atoms with Crippen molar-refractivity contribution in [2.24, 2.45) is 5.92 Å². The number of nitrogens with one attached hydrogen (secondary N) is 1. The molecule has 3 aromatic rings. The number of benzene rings is 2. The number of hydrogen-bond donors (Lipinski definition) is 1. The molecule has 10 heteroatoms. The molecule has 6 nitrogen and oxygen atoms in total. The average Bonchev–Trinajstić information content (AvgIpc) is 3.61. The van der Waals surface area contributed by atoms with Crippen molar-refractivity contribution in [3.05, 3.63) is 66.2 Å². The van der Waals surface area contributed by atoms with Gasteiger partial charge in [-0.25, -0.2) is 17.9 Å². The number of nitrogens with zero attached hydrogens (tertiary/aromatic N) is 4. The van der Waals surface area contributed by atoms with Gasteiger partial charge in [0.25, 0.3) is 0 Å². The molecule has 6 rings (SSSR count). The minimum atomic E-state index is -2.98. The second-order valence-corrected chi connectivity index (χ2v) is 12.2. The molecule has 0 radical (unpaired) electrons. The van der Waals surface area contributed by atoms with Crippen LogP contribution in [0.4, 0.5) is 18.9 Å². The maximum absolute atomic E-state index is 14.7. The second-order valence-electron chi connectivity index (χ2n) is 11.0. The number of halogens is 3. The number of nitriles is 1. The molecule has 0 spiro atoms. The van der Waals surface area contributed by atoms with E-state index in [2.05, 4.69) is 28.4 Å². The van der Waals surface area contributed by atoms with Crippen molar-refractivity contribution in [1.82, 2.24) is 15.1 Å². The summed E-state index contributed by atoms with van der Waals surface area (Å²) in [5, 5.41) is 17.1. The van der Waals surface area contributed by atoms with Crippen molar-refractivity contribution in [2.75, 3.05) is 29.5 Å². The Labute approximate surface area is 235 Å². The third kappa shape index (κ3) is 5.44. The summed E-state index contributed by atoms with van der Waals surface area (Å²) in [6.07, 6.45) is 2.01. The summed E-state index contributed by atoms with van der Waals surface area (Å²) in [4.78, 5) is 15.7. The molecule has 2 unspecified atom stereocenters. The van der Waals surface area contributed by atoms with Crippen molar-refractivity contribution in [3.63, 3.8) is 0 Å². The van der Waals surface area contributed by atoms with Crippen LogP contribution in [-0.2, 0) is 4.79 Å². The first-order valence-corrected chi connectivity index (χ1v) is 14.8. The molecule has 1 saturated heterocycles. The standard InChI is InChI=1S/C30H30F3N5OS/c31-21-3-7-23(8-4-21)38-18-26(20-1-5-22(6-2-20)37-13-15-40-16-14-37)27(36-38)24-9-10-30(32,33)17-25(24)28(39)35-29(19-34)11-12-29/h1-8,18,24-25H,9-17H2,(H,35,39). The maximum atomic E-state index is 14.7. The highest BCUT2D eigenvalue weighted by Gasteiger charge is 2.50. The second kappa shape index (κ2) is 10.5. The average molecular weight is 566 g/mol.